The molecule has 2 aromatic rings. The van der Waals surface area contributed by atoms with Crippen LogP contribution >= 0.6 is 15.9 Å². The molecular formula is C17H13BrFN3O4. The summed E-state index contributed by atoms with van der Waals surface area (Å²) in [5.41, 5.74) is -1.19. The van der Waals surface area contributed by atoms with Crippen molar-refractivity contribution in [3.05, 3.63) is 74.0 Å². The lowest BCUT2D eigenvalue weighted by Gasteiger charge is -2.22. The Kier molecular flexibility index (Phi) is 4.49. The van der Waals surface area contributed by atoms with Crippen molar-refractivity contribution in [2.24, 2.45) is 0 Å². The summed E-state index contributed by atoms with van der Waals surface area (Å²) in [6, 6.07) is 9.13. The fourth-order valence-electron chi connectivity index (χ4n) is 2.79. The smallest absolute Gasteiger partial charge is 0.319 e. The Balaban J connectivity index is 1.93. The average molecular weight is 422 g/mol. The fourth-order valence-corrected chi connectivity index (χ4v) is 3.12. The van der Waals surface area contributed by atoms with E-state index in [-0.39, 0.29) is 23.4 Å². The van der Waals surface area contributed by atoms with E-state index in [0.29, 0.717) is 4.47 Å². The topological polar surface area (TPSA) is 92.6 Å². The Morgan fingerprint density at radius 1 is 1.27 bits per heavy atom. The first-order valence-corrected chi connectivity index (χ1v) is 8.34. The van der Waals surface area contributed by atoms with Gasteiger partial charge in [-0.25, -0.2) is 9.18 Å². The van der Waals surface area contributed by atoms with Gasteiger partial charge in [-0.05, 0) is 24.6 Å². The fraction of sp³-hybridized carbons (Fsp3) is 0.176. The highest BCUT2D eigenvalue weighted by Gasteiger charge is 2.49. The highest BCUT2D eigenvalue weighted by molar-refractivity contribution is 9.10. The van der Waals surface area contributed by atoms with Gasteiger partial charge in [0, 0.05) is 22.2 Å². The molecule has 0 bridgehead atoms. The van der Waals surface area contributed by atoms with Crippen LogP contribution in [-0.4, -0.2) is 21.8 Å². The molecule has 2 aromatic carbocycles. The zero-order chi connectivity index (χ0) is 19.1. The number of hydrogen-bond acceptors (Lipinski definition) is 4. The molecule has 7 nitrogen and oxygen atoms in total. The van der Waals surface area contributed by atoms with Crippen molar-refractivity contribution < 1.29 is 18.9 Å². The largest absolute Gasteiger partial charge is 0.325 e. The summed E-state index contributed by atoms with van der Waals surface area (Å²) in [6.07, 6.45) is 0. The number of carbonyl (C=O) groups is 2. The number of amides is 3. The Labute approximate surface area is 156 Å². The van der Waals surface area contributed by atoms with Crippen LogP contribution in [0.5, 0.6) is 0 Å². The van der Waals surface area contributed by atoms with Gasteiger partial charge in [-0.3, -0.25) is 19.8 Å². The van der Waals surface area contributed by atoms with Crippen LogP contribution in [0.2, 0.25) is 0 Å². The van der Waals surface area contributed by atoms with Crippen LogP contribution in [0.1, 0.15) is 18.1 Å². The zero-order valence-electron chi connectivity index (χ0n) is 13.5. The Morgan fingerprint density at radius 3 is 2.65 bits per heavy atom. The summed E-state index contributed by atoms with van der Waals surface area (Å²) >= 11 is 3.14. The van der Waals surface area contributed by atoms with E-state index >= 15 is 0 Å². The highest BCUT2D eigenvalue weighted by atomic mass is 79.9. The number of benzene rings is 2. The number of nitro benzene ring substituents is 1. The van der Waals surface area contributed by atoms with E-state index in [1.165, 1.54) is 43.3 Å². The van der Waals surface area contributed by atoms with Crippen LogP contribution in [0.3, 0.4) is 0 Å². The van der Waals surface area contributed by atoms with Crippen LogP contribution < -0.4 is 5.32 Å². The van der Waals surface area contributed by atoms with Gasteiger partial charge in [-0.15, -0.1) is 0 Å². The minimum atomic E-state index is -1.46. The van der Waals surface area contributed by atoms with Crippen LogP contribution in [0.4, 0.5) is 14.9 Å². The molecule has 0 aliphatic carbocycles. The number of nitrogens with one attached hydrogen (secondary N) is 1. The van der Waals surface area contributed by atoms with E-state index < -0.39 is 28.2 Å². The molecule has 0 saturated carbocycles. The summed E-state index contributed by atoms with van der Waals surface area (Å²) in [5.74, 6) is -1.16. The number of rotatable bonds is 4. The maximum Gasteiger partial charge on any atom is 0.325 e. The van der Waals surface area contributed by atoms with Crippen molar-refractivity contribution in [1.82, 2.24) is 10.2 Å². The second kappa shape index (κ2) is 6.49. The van der Waals surface area contributed by atoms with Gasteiger partial charge in [-0.2, -0.15) is 0 Å². The van der Waals surface area contributed by atoms with Crippen LogP contribution in [-0.2, 0) is 16.9 Å². The van der Waals surface area contributed by atoms with Crippen LogP contribution in [0, 0.1) is 15.9 Å². The van der Waals surface area contributed by atoms with E-state index in [1.807, 2.05) is 0 Å². The minimum absolute atomic E-state index is 0.181. The number of hydrogen-bond donors (Lipinski definition) is 1. The summed E-state index contributed by atoms with van der Waals surface area (Å²) in [7, 11) is 0. The molecule has 1 saturated heterocycles. The molecule has 0 aromatic heterocycles. The monoisotopic (exact) mass is 421 g/mol. The summed E-state index contributed by atoms with van der Waals surface area (Å²) in [6.45, 7) is 1.22. The second-order valence-corrected chi connectivity index (χ2v) is 6.91. The van der Waals surface area contributed by atoms with Crippen LogP contribution in [0.25, 0.3) is 0 Å². The molecule has 1 aliphatic rings. The van der Waals surface area contributed by atoms with Crippen LogP contribution in [0.15, 0.2) is 46.9 Å². The molecule has 1 unspecified atom stereocenters. The first-order valence-electron chi connectivity index (χ1n) is 7.55. The van der Waals surface area contributed by atoms with Crippen molar-refractivity contribution in [3.63, 3.8) is 0 Å². The predicted molar refractivity (Wildman–Crippen MR) is 93.6 cm³/mol. The quantitative estimate of drug-likeness (QED) is 0.464. The molecule has 3 rings (SSSR count). The summed E-state index contributed by atoms with van der Waals surface area (Å²) in [5, 5.41) is 13.5. The molecule has 26 heavy (non-hydrogen) atoms. The molecule has 9 heteroatoms. The highest BCUT2D eigenvalue weighted by Crippen LogP contribution is 2.32. The number of urea groups is 1. The van der Waals surface area contributed by atoms with Crippen molar-refractivity contribution in [2.45, 2.75) is 19.0 Å². The van der Waals surface area contributed by atoms with Crippen molar-refractivity contribution in [2.75, 3.05) is 0 Å². The third kappa shape index (κ3) is 3.05. The first kappa shape index (κ1) is 18.0. The van der Waals surface area contributed by atoms with Gasteiger partial charge in [0.2, 0.25) is 0 Å². The molecule has 3 amide bonds. The van der Waals surface area contributed by atoms with Crippen molar-refractivity contribution in [1.29, 1.82) is 0 Å². The number of nitro groups is 1. The number of carbonyl (C=O) groups excluding carboxylic acids is 2. The SMILES string of the molecule is CC1(c2cccc([N+](=O)[O-])c2)NC(=O)N(Cc2ccc(Br)cc2F)C1=O. The maximum absolute atomic E-state index is 14.0. The Hall–Kier alpha value is -2.81. The van der Waals surface area contributed by atoms with Gasteiger partial charge in [0.25, 0.3) is 11.6 Å². The third-order valence-corrected chi connectivity index (χ3v) is 4.75. The molecule has 134 valence electrons. The summed E-state index contributed by atoms with van der Waals surface area (Å²) < 4.78 is 14.6. The van der Waals surface area contributed by atoms with Crippen molar-refractivity contribution >= 4 is 33.6 Å². The lowest BCUT2D eigenvalue weighted by atomic mass is 9.91. The molecule has 1 atom stereocenters. The average Bonchev–Trinajstić information content (AvgIpc) is 2.81. The van der Waals surface area contributed by atoms with Gasteiger partial charge in [-0.1, -0.05) is 34.1 Å². The normalized spacial score (nSPS) is 19.6. The predicted octanol–water partition coefficient (Wildman–Crippen LogP) is 3.46. The minimum Gasteiger partial charge on any atom is -0.319 e. The zero-order valence-corrected chi connectivity index (χ0v) is 15.1. The van der Waals surface area contributed by atoms with Gasteiger partial charge < -0.3 is 5.32 Å². The van der Waals surface area contributed by atoms with E-state index in [0.717, 1.165) is 4.90 Å². The molecule has 1 fully saturated rings. The third-order valence-electron chi connectivity index (χ3n) is 4.25. The Morgan fingerprint density at radius 2 is 2.00 bits per heavy atom. The lowest BCUT2D eigenvalue weighted by Crippen LogP contribution is -2.40. The van der Waals surface area contributed by atoms with E-state index in [9.17, 15) is 24.1 Å². The van der Waals surface area contributed by atoms with Crippen molar-refractivity contribution in [3.8, 4) is 0 Å². The number of halogens is 2. The molecular weight excluding hydrogens is 409 g/mol. The standard InChI is InChI=1S/C17H13BrFN3O4/c1-17(11-3-2-4-13(7-11)22(25)26)15(23)21(16(24)20-17)9-10-5-6-12(18)8-14(10)19/h2-8H,9H2,1H3,(H,20,24). The van der Waals surface area contributed by atoms with E-state index in [4.69, 9.17) is 0 Å². The molecule has 0 radical (unpaired) electrons. The number of imide groups is 1. The van der Waals surface area contributed by atoms with Gasteiger partial charge >= 0.3 is 6.03 Å². The van der Waals surface area contributed by atoms with Gasteiger partial charge in [0.15, 0.2) is 0 Å². The molecule has 1 N–H and O–H groups in total. The summed E-state index contributed by atoms with van der Waals surface area (Å²) in [4.78, 5) is 36.4. The lowest BCUT2D eigenvalue weighted by molar-refractivity contribution is -0.385. The van der Waals surface area contributed by atoms with Gasteiger partial charge in [0.1, 0.15) is 11.4 Å². The molecule has 0 spiro atoms. The molecule has 1 heterocycles. The molecule has 1 aliphatic heterocycles. The Bertz CT molecular complexity index is 936. The number of non-ortho nitro benzene ring substituents is 1. The van der Waals surface area contributed by atoms with E-state index in [1.54, 1.807) is 6.07 Å². The second-order valence-electron chi connectivity index (χ2n) is 5.99. The van der Waals surface area contributed by atoms with E-state index in [2.05, 4.69) is 21.2 Å². The maximum atomic E-state index is 14.0. The first-order chi connectivity index (χ1) is 12.2. The van der Waals surface area contributed by atoms with Gasteiger partial charge in [0.05, 0.1) is 11.5 Å². The number of nitrogens with zero attached hydrogens (tertiary/aromatic N) is 2.